The van der Waals surface area contributed by atoms with Gasteiger partial charge in [-0.3, -0.25) is 9.59 Å². The zero-order valence-corrected chi connectivity index (χ0v) is 18.2. The van der Waals surface area contributed by atoms with Gasteiger partial charge in [-0.05, 0) is 43.7 Å². The number of nitrogens with one attached hydrogen (secondary N) is 2. The summed E-state index contributed by atoms with van der Waals surface area (Å²) in [6.45, 7) is 4.28. The molecule has 0 saturated heterocycles. The second-order valence-corrected chi connectivity index (χ2v) is 7.85. The number of aryl methyl sites for hydroxylation is 1. The predicted molar refractivity (Wildman–Crippen MR) is 125 cm³/mol. The summed E-state index contributed by atoms with van der Waals surface area (Å²) in [7, 11) is 0. The molecular formula is C26H26N4O2. The summed E-state index contributed by atoms with van der Waals surface area (Å²) in [6.07, 6.45) is 0. The standard InChI is InChI=1S/C26H26N4O2/c1-18-12-14-21(15-13-18)26(32)27-16-24-29-22-10-6-7-11-23(22)30(24)17-25(31)28-19(2)20-8-4-3-5-9-20/h3-15,19H,16-17H2,1-2H3,(H,27,32)(H,28,31). The zero-order chi connectivity index (χ0) is 22.5. The maximum Gasteiger partial charge on any atom is 0.251 e. The number of fused-ring (bicyclic) bond motifs is 1. The number of hydrogen-bond donors (Lipinski definition) is 2. The molecule has 0 aliphatic carbocycles. The van der Waals surface area contributed by atoms with Crippen LogP contribution in [0.2, 0.25) is 0 Å². The number of para-hydroxylation sites is 2. The molecule has 4 rings (SSSR count). The topological polar surface area (TPSA) is 76.0 Å². The minimum atomic E-state index is -0.175. The van der Waals surface area contributed by atoms with Gasteiger partial charge in [-0.25, -0.2) is 4.98 Å². The number of aromatic nitrogens is 2. The van der Waals surface area contributed by atoms with Crippen molar-refractivity contribution in [3.05, 3.63) is 101 Å². The van der Waals surface area contributed by atoms with Gasteiger partial charge in [-0.2, -0.15) is 0 Å². The van der Waals surface area contributed by atoms with Crippen LogP contribution in [0.1, 0.15) is 40.3 Å². The molecule has 0 fully saturated rings. The smallest absolute Gasteiger partial charge is 0.251 e. The SMILES string of the molecule is Cc1ccc(C(=O)NCc2nc3ccccc3n2CC(=O)NC(C)c2ccccc2)cc1. The van der Waals surface area contributed by atoms with Crippen LogP contribution in [0.25, 0.3) is 11.0 Å². The van der Waals surface area contributed by atoms with E-state index in [0.717, 1.165) is 22.2 Å². The minimum absolute atomic E-state index is 0.108. The van der Waals surface area contributed by atoms with E-state index in [1.165, 1.54) is 0 Å². The van der Waals surface area contributed by atoms with E-state index < -0.39 is 0 Å². The Kier molecular flexibility index (Phi) is 6.31. The molecule has 1 atom stereocenters. The number of hydrogen-bond acceptors (Lipinski definition) is 3. The fourth-order valence-electron chi connectivity index (χ4n) is 3.66. The van der Waals surface area contributed by atoms with E-state index in [1.807, 2.05) is 85.1 Å². The second-order valence-electron chi connectivity index (χ2n) is 7.85. The molecule has 0 aliphatic heterocycles. The van der Waals surface area contributed by atoms with Crippen LogP contribution in [0.3, 0.4) is 0 Å². The molecule has 0 aliphatic rings. The molecule has 0 radical (unpaired) electrons. The normalized spacial score (nSPS) is 11.8. The van der Waals surface area contributed by atoms with Gasteiger partial charge in [0, 0.05) is 5.56 Å². The third-order valence-electron chi connectivity index (χ3n) is 5.43. The summed E-state index contributed by atoms with van der Waals surface area (Å²) < 4.78 is 1.86. The van der Waals surface area contributed by atoms with E-state index in [2.05, 4.69) is 15.6 Å². The van der Waals surface area contributed by atoms with E-state index >= 15 is 0 Å². The maximum atomic E-state index is 12.8. The van der Waals surface area contributed by atoms with Crippen LogP contribution in [0.15, 0.2) is 78.9 Å². The molecule has 162 valence electrons. The number of nitrogens with zero attached hydrogens (tertiary/aromatic N) is 2. The molecular weight excluding hydrogens is 400 g/mol. The summed E-state index contributed by atoms with van der Waals surface area (Å²) in [5.74, 6) is 0.343. The van der Waals surface area contributed by atoms with Crippen molar-refractivity contribution in [2.24, 2.45) is 0 Å². The van der Waals surface area contributed by atoms with E-state index in [4.69, 9.17) is 0 Å². The van der Waals surface area contributed by atoms with Gasteiger partial charge in [-0.15, -0.1) is 0 Å². The lowest BCUT2D eigenvalue weighted by Crippen LogP contribution is -2.31. The highest BCUT2D eigenvalue weighted by Crippen LogP contribution is 2.17. The Bertz CT molecular complexity index is 1230. The fraction of sp³-hybridized carbons (Fsp3) is 0.192. The van der Waals surface area contributed by atoms with Crippen LogP contribution in [0.5, 0.6) is 0 Å². The van der Waals surface area contributed by atoms with E-state index in [-0.39, 0.29) is 30.9 Å². The molecule has 2 amide bonds. The predicted octanol–water partition coefficient (Wildman–Crippen LogP) is 4.15. The van der Waals surface area contributed by atoms with Crippen LogP contribution in [0.4, 0.5) is 0 Å². The van der Waals surface area contributed by atoms with E-state index in [1.54, 1.807) is 12.1 Å². The number of rotatable bonds is 7. The second kappa shape index (κ2) is 9.47. The molecule has 3 aromatic carbocycles. The fourth-order valence-corrected chi connectivity index (χ4v) is 3.66. The van der Waals surface area contributed by atoms with Gasteiger partial charge in [0.1, 0.15) is 12.4 Å². The molecule has 0 spiro atoms. The van der Waals surface area contributed by atoms with Crippen molar-refractivity contribution < 1.29 is 9.59 Å². The number of imidazole rings is 1. The summed E-state index contributed by atoms with van der Waals surface area (Å²) in [4.78, 5) is 30.0. The average molecular weight is 427 g/mol. The largest absolute Gasteiger partial charge is 0.348 e. The average Bonchev–Trinajstić information content (AvgIpc) is 3.15. The van der Waals surface area contributed by atoms with Crippen molar-refractivity contribution in [2.45, 2.75) is 33.0 Å². The highest BCUT2D eigenvalue weighted by molar-refractivity contribution is 5.94. The van der Waals surface area contributed by atoms with Crippen molar-refractivity contribution in [3.63, 3.8) is 0 Å². The lowest BCUT2D eigenvalue weighted by molar-refractivity contribution is -0.122. The lowest BCUT2D eigenvalue weighted by atomic mass is 10.1. The van der Waals surface area contributed by atoms with E-state index in [0.29, 0.717) is 11.4 Å². The van der Waals surface area contributed by atoms with Gasteiger partial charge in [-0.1, -0.05) is 60.2 Å². The third kappa shape index (κ3) is 4.86. The van der Waals surface area contributed by atoms with Crippen molar-refractivity contribution in [1.29, 1.82) is 0 Å². The van der Waals surface area contributed by atoms with Gasteiger partial charge in [0.25, 0.3) is 5.91 Å². The van der Waals surface area contributed by atoms with Crippen LogP contribution in [-0.2, 0) is 17.9 Å². The van der Waals surface area contributed by atoms with E-state index in [9.17, 15) is 9.59 Å². The Morgan fingerprint density at radius 3 is 2.38 bits per heavy atom. The molecule has 32 heavy (non-hydrogen) atoms. The first kappa shape index (κ1) is 21.3. The van der Waals surface area contributed by atoms with Crippen LogP contribution in [-0.4, -0.2) is 21.4 Å². The first-order valence-electron chi connectivity index (χ1n) is 10.6. The summed E-state index contributed by atoms with van der Waals surface area (Å²) in [5, 5.41) is 5.97. The van der Waals surface area contributed by atoms with Crippen molar-refractivity contribution in [3.8, 4) is 0 Å². The highest BCUT2D eigenvalue weighted by atomic mass is 16.2. The molecule has 0 saturated carbocycles. The number of amides is 2. The summed E-state index contributed by atoms with van der Waals surface area (Å²) in [5.41, 5.74) is 4.37. The third-order valence-corrected chi connectivity index (χ3v) is 5.43. The molecule has 0 bridgehead atoms. The van der Waals surface area contributed by atoms with Crippen LogP contribution < -0.4 is 10.6 Å². The lowest BCUT2D eigenvalue weighted by Gasteiger charge is -2.16. The molecule has 2 N–H and O–H groups in total. The first-order chi connectivity index (χ1) is 15.5. The van der Waals surface area contributed by atoms with Crippen molar-refractivity contribution in [2.75, 3.05) is 0 Å². The molecule has 6 nitrogen and oxygen atoms in total. The van der Waals surface area contributed by atoms with Gasteiger partial charge < -0.3 is 15.2 Å². The van der Waals surface area contributed by atoms with Gasteiger partial charge in [0.15, 0.2) is 0 Å². The summed E-state index contributed by atoms with van der Waals surface area (Å²) >= 11 is 0. The molecule has 4 aromatic rings. The number of benzene rings is 3. The maximum absolute atomic E-state index is 12.8. The number of carbonyl (C=O) groups is 2. The first-order valence-corrected chi connectivity index (χ1v) is 10.6. The van der Waals surface area contributed by atoms with Crippen LogP contribution in [0, 0.1) is 6.92 Å². The Labute approximate surface area is 187 Å². The Hall–Kier alpha value is -3.93. The molecule has 1 heterocycles. The highest BCUT2D eigenvalue weighted by Gasteiger charge is 2.16. The summed E-state index contributed by atoms with van der Waals surface area (Å²) in [6, 6.07) is 24.8. The van der Waals surface area contributed by atoms with Crippen molar-refractivity contribution >= 4 is 22.8 Å². The van der Waals surface area contributed by atoms with Crippen molar-refractivity contribution in [1.82, 2.24) is 20.2 Å². The number of carbonyl (C=O) groups excluding carboxylic acids is 2. The Balaban J connectivity index is 1.50. The molecule has 1 aromatic heterocycles. The Morgan fingerprint density at radius 2 is 1.62 bits per heavy atom. The van der Waals surface area contributed by atoms with Gasteiger partial charge >= 0.3 is 0 Å². The monoisotopic (exact) mass is 426 g/mol. The van der Waals surface area contributed by atoms with Gasteiger partial charge in [0.2, 0.25) is 5.91 Å². The zero-order valence-electron chi connectivity index (χ0n) is 18.2. The van der Waals surface area contributed by atoms with Gasteiger partial charge in [0.05, 0.1) is 23.6 Å². The molecule has 1 unspecified atom stereocenters. The van der Waals surface area contributed by atoms with Crippen LogP contribution >= 0.6 is 0 Å². The Morgan fingerprint density at radius 1 is 0.938 bits per heavy atom. The minimum Gasteiger partial charge on any atom is -0.348 e. The molecule has 6 heteroatoms. The quantitative estimate of drug-likeness (QED) is 0.466.